The molecule has 0 aliphatic rings. The molecule has 3 N–H and O–H groups in total. The Hall–Kier alpha value is -1.12. The first-order valence-corrected chi connectivity index (χ1v) is 7.79. The Labute approximate surface area is 114 Å². The molecule has 1 rings (SSSR count). The van der Waals surface area contributed by atoms with Crippen LogP contribution in [0, 0.1) is 0 Å². The van der Waals surface area contributed by atoms with Crippen molar-refractivity contribution in [1.29, 1.82) is 0 Å². The van der Waals surface area contributed by atoms with Gasteiger partial charge in [-0.2, -0.15) is 5.10 Å². The van der Waals surface area contributed by atoms with E-state index in [1.165, 1.54) is 10.9 Å². The van der Waals surface area contributed by atoms with Crippen LogP contribution in [0.5, 0.6) is 0 Å². The van der Waals surface area contributed by atoms with Crippen LogP contribution in [0.1, 0.15) is 27.2 Å². The van der Waals surface area contributed by atoms with Gasteiger partial charge in [0.15, 0.2) is 0 Å². The minimum atomic E-state index is -3.59. The van der Waals surface area contributed by atoms with E-state index in [0.717, 1.165) is 0 Å². The Bertz CT molecular complexity index is 496. The topological polar surface area (TPSA) is 99.2 Å². The summed E-state index contributed by atoms with van der Waals surface area (Å²) in [5.74, 6) is 0.161. The highest BCUT2D eigenvalue weighted by atomic mass is 32.2. The lowest BCUT2D eigenvalue weighted by atomic mass is 10.4. The summed E-state index contributed by atoms with van der Waals surface area (Å²) in [7, 11) is -3.59. The Balaban J connectivity index is 2.54. The monoisotopic (exact) mass is 290 g/mol. The molecule has 0 saturated carbocycles. The molecule has 19 heavy (non-hydrogen) atoms. The van der Waals surface area contributed by atoms with Gasteiger partial charge in [-0.05, 0) is 27.2 Å². The van der Waals surface area contributed by atoms with Crippen LogP contribution in [0.25, 0.3) is 0 Å². The van der Waals surface area contributed by atoms with Gasteiger partial charge in [0.25, 0.3) is 0 Å². The van der Waals surface area contributed by atoms with Crippen LogP contribution in [-0.2, 0) is 21.3 Å². The SMILES string of the molecule is CCn1ncc(S(=O)(=O)NCCCOC(C)C)c1N. The lowest BCUT2D eigenvalue weighted by Crippen LogP contribution is -2.26. The maximum absolute atomic E-state index is 12.0. The first-order valence-electron chi connectivity index (χ1n) is 6.31. The van der Waals surface area contributed by atoms with Gasteiger partial charge < -0.3 is 10.5 Å². The summed E-state index contributed by atoms with van der Waals surface area (Å²) in [6.45, 7) is 7.07. The van der Waals surface area contributed by atoms with Crippen molar-refractivity contribution in [3.8, 4) is 0 Å². The van der Waals surface area contributed by atoms with Crippen LogP contribution < -0.4 is 10.5 Å². The molecule has 7 nitrogen and oxygen atoms in total. The van der Waals surface area contributed by atoms with E-state index in [1.807, 2.05) is 20.8 Å². The van der Waals surface area contributed by atoms with Gasteiger partial charge in [-0.1, -0.05) is 0 Å². The largest absolute Gasteiger partial charge is 0.383 e. The number of anilines is 1. The molecule has 0 amide bonds. The smallest absolute Gasteiger partial charge is 0.245 e. The van der Waals surface area contributed by atoms with Crippen molar-refractivity contribution in [2.75, 3.05) is 18.9 Å². The van der Waals surface area contributed by atoms with E-state index in [9.17, 15) is 8.42 Å². The van der Waals surface area contributed by atoms with Gasteiger partial charge in [0.05, 0.1) is 12.3 Å². The molecule has 8 heteroatoms. The maximum Gasteiger partial charge on any atom is 0.245 e. The van der Waals surface area contributed by atoms with E-state index in [4.69, 9.17) is 10.5 Å². The predicted molar refractivity (Wildman–Crippen MR) is 73.2 cm³/mol. The minimum Gasteiger partial charge on any atom is -0.383 e. The quantitative estimate of drug-likeness (QED) is 0.682. The fourth-order valence-electron chi connectivity index (χ4n) is 1.51. The van der Waals surface area contributed by atoms with E-state index in [1.54, 1.807) is 0 Å². The second kappa shape index (κ2) is 6.88. The zero-order valence-electron chi connectivity index (χ0n) is 11.6. The predicted octanol–water partition coefficient (Wildman–Crippen LogP) is 0.579. The van der Waals surface area contributed by atoms with Crippen molar-refractivity contribution in [3.05, 3.63) is 6.20 Å². The molecule has 0 fully saturated rings. The van der Waals surface area contributed by atoms with Crippen molar-refractivity contribution in [1.82, 2.24) is 14.5 Å². The number of nitrogens with zero attached hydrogens (tertiary/aromatic N) is 2. The Kier molecular flexibility index (Phi) is 5.77. The first kappa shape index (κ1) is 15.9. The number of hydrogen-bond acceptors (Lipinski definition) is 5. The lowest BCUT2D eigenvalue weighted by molar-refractivity contribution is 0.0778. The molecule has 0 aliphatic carbocycles. The standard InChI is InChI=1S/C11H22N4O3S/c1-4-15-11(12)10(8-13-15)19(16,17)14-6-5-7-18-9(2)3/h8-9,14H,4-7,12H2,1-3H3. The van der Waals surface area contributed by atoms with Crippen LogP contribution in [0.4, 0.5) is 5.82 Å². The average Bonchev–Trinajstić information content (AvgIpc) is 2.70. The van der Waals surface area contributed by atoms with Crippen LogP contribution >= 0.6 is 0 Å². The molecule has 0 radical (unpaired) electrons. The molecule has 1 aromatic heterocycles. The molecule has 0 unspecified atom stereocenters. The Morgan fingerprint density at radius 1 is 1.53 bits per heavy atom. The number of ether oxygens (including phenoxy) is 1. The molecule has 0 bridgehead atoms. The highest BCUT2D eigenvalue weighted by molar-refractivity contribution is 7.89. The van der Waals surface area contributed by atoms with E-state index in [0.29, 0.717) is 26.1 Å². The fourth-order valence-corrected chi connectivity index (χ4v) is 2.65. The normalized spacial score (nSPS) is 12.2. The molecule has 0 aliphatic heterocycles. The van der Waals surface area contributed by atoms with E-state index >= 15 is 0 Å². The highest BCUT2D eigenvalue weighted by Crippen LogP contribution is 2.16. The fraction of sp³-hybridized carbons (Fsp3) is 0.727. The van der Waals surface area contributed by atoms with Crippen LogP contribution in [-0.4, -0.2) is 37.5 Å². The Morgan fingerprint density at radius 2 is 2.21 bits per heavy atom. The molecular formula is C11H22N4O3S. The third kappa shape index (κ3) is 4.48. The summed E-state index contributed by atoms with van der Waals surface area (Å²) in [4.78, 5) is 0.0270. The number of aryl methyl sites for hydroxylation is 1. The number of nitrogens with two attached hydrogens (primary N) is 1. The molecular weight excluding hydrogens is 268 g/mol. The summed E-state index contributed by atoms with van der Waals surface area (Å²) < 4.78 is 33.2. The molecule has 0 aromatic carbocycles. The molecule has 110 valence electrons. The summed E-state index contributed by atoms with van der Waals surface area (Å²) in [6.07, 6.45) is 2.03. The third-order valence-corrected chi connectivity index (χ3v) is 3.98. The van der Waals surface area contributed by atoms with Gasteiger partial charge in [-0.25, -0.2) is 17.8 Å². The van der Waals surface area contributed by atoms with Gasteiger partial charge in [0.1, 0.15) is 10.7 Å². The maximum atomic E-state index is 12.0. The zero-order chi connectivity index (χ0) is 14.5. The Morgan fingerprint density at radius 3 is 2.74 bits per heavy atom. The number of sulfonamides is 1. The highest BCUT2D eigenvalue weighted by Gasteiger charge is 2.20. The molecule has 1 aromatic rings. The van der Waals surface area contributed by atoms with Gasteiger partial charge in [-0.15, -0.1) is 0 Å². The number of aromatic nitrogens is 2. The lowest BCUT2D eigenvalue weighted by Gasteiger charge is -2.08. The molecule has 0 atom stereocenters. The number of hydrogen-bond donors (Lipinski definition) is 2. The molecule has 0 spiro atoms. The zero-order valence-corrected chi connectivity index (χ0v) is 12.4. The summed E-state index contributed by atoms with van der Waals surface area (Å²) >= 11 is 0. The van der Waals surface area contributed by atoms with Gasteiger partial charge in [0.2, 0.25) is 10.0 Å². The van der Waals surface area contributed by atoms with Gasteiger partial charge >= 0.3 is 0 Å². The molecule has 0 saturated heterocycles. The second-order valence-electron chi connectivity index (χ2n) is 4.38. The number of rotatable bonds is 8. The minimum absolute atomic E-state index is 0.0270. The van der Waals surface area contributed by atoms with E-state index in [-0.39, 0.29) is 16.8 Å². The van der Waals surface area contributed by atoms with Crippen molar-refractivity contribution in [3.63, 3.8) is 0 Å². The van der Waals surface area contributed by atoms with E-state index in [2.05, 4.69) is 9.82 Å². The van der Waals surface area contributed by atoms with Gasteiger partial charge in [-0.3, -0.25) is 0 Å². The van der Waals surface area contributed by atoms with Crippen molar-refractivity contribution >= 4 is 15.8 Å². The summed E-state index contributed by atoms with van der Waals surface area (Å²) in [5, 5.41) is 3.92. The van der Waals surface area contributed by atoms with Crippen LogP contribution in [0.3, 0.4) is 0 Å². The molecule has 1 heterocycles. The summed E-state index contributed by atoms with van der Waals surface area (Å²) in [6, 6.07) is 0. The van der Waals surface area contributed by atoms with Crippen LogP contribution in [0.2, 0.25) is 0 Å². The average molecular weight is 290 g/mol. The van der Waals surface area contributed by atoms with Crippen LogP contribution in [0.15, 0.2) is 11.1 Å². The van der Waals surface area contributed by atoms with Crippen molar-refractivity contribution < 1.29 is 13.2 Å². The van der Waals surface area contributed by atoms with E-state index < -0.39 is 10.0 Å². The second-order valence-corrected chi connectivity index (χ2v) is 6.12. The van der Waals surface area contributed by atoms with Crippen molar-refractivity contribution in [2.45, 2.75) is 44.7 Å². The van der Waals surface area contributed by atoms with Gasteiger partial charge in [0, 0.05) is 19.7 Å². The van der Waals surface area contributed by atoms with Crippen molar-refractivity contribution in [2.24, 2.45) is 0 Å². The third-order valence-electron chi connectivity index (χ3n) is 2.50. The number of nitrogens with one attached hydrogen (secondary N) is 1. The summed E-state index contributed by atoms with van der Waals surface area (Å²) in [5.41, 5.74) is 5.73. The first-order chi connectivity index (χ1) is 8.88. The number of nitrogen functional groups attached to an aromatic ring is 1.